The van der Waals surface area contributed by atoms with Crippen LogP contribution in [0.25, 0.3) is 0 Å². The van der Waals surface area contributed by atoms with E-state index < -0.39 is 12.0 Å². The number of ether oxygens (including phenoxy) is 1. The zero-order valence-electron chi connectivity index (χ0n) is 7.97. The third-order valence-corrected chi connectivity index (χ3v) is 2.58. The van der Waals surface area contributed by atoms with Crippen molar-refractivity contribution in [1.82, 2.24) is 4.90 Å². The topological polar surface area (TPSA) is 75.8 Å². The molecule has 1 aliphatic rings. The van der Waals surface area contributed by atoms with Crippen molar-refractivity contribution in [3.63, 3.8) is 0 Å². The zero-order valence-corrected chi connectivity index (χ0v) is 8.79. The molecule has 0 saturated carbocycles. The summed E-state index contributed by atoms with van der Waals surface area (Å²) in [5.41, 5.74) is 5.44. The standard InChI is InChI=1S/C8H14N2O3S/c1-5(8(11)12)10-2-3-13-6(4-10)7(9)14/h5-6H,2-4H2,1H3,(H2,9,14)(H,11,12). The molecule has 0 aromatic heterocycles. The first-order valence-corrected chi connectivity index (χ1v) is 4.81. The molecule has 80 valence electrons. The van der Waals surface area contributed by atoms with Crippen molar-refractivity contribution in [2.24, 2.45) is 5.73 Å². The van der Waals surface area contributed by atoms with Gasteiger partial charge < -0.3 is 15.6 Å². The Morgan fingerprint density at radius 2 is 2.43 bits per heavy atom. The first-order valence-electron chi connectivity index (χ1n) is 4.40. The van der Waals surface area contributed by atoms with Crippen LogP contribution < -0.4 is 5.73 Å². The molecule has 0 aromatic carbocycles. The highest BCUT2D eigenvalue weighted by Crippen LogP contribution is 2.09. The van der Waals surface area contributed by atoms with Gasteiger partial charge in [0.1, 0.15) is 17.1 Å². The lowest BCUT2D eigenvalue weighted by Gasteiger charge is -2.34. The van der Waals surface area contributed by atoms with Crippen LogP contribution in [0.1, 0.15) is 6.92 Å². The molecule has 2 atom stereocenters. The molecule has 1 rings (SSSR count). The van der Waals surface area contributed by atoms with Gasteiger partial charge in [-0.2, -0.15) is 0 Å². The minimum absolute atomic E-state index is 0.285. The van der Waals surface area contributed by atoms with Crippen LogP contribution in [-0.2, 0) is 9.53 Å². The molecule has 1 saturated heterocycles. The van der Waals surface area contributed by atoms with E-state index in [1.54, 1.807) is 11.8 Å². The summed E-state index contributed by atoms with van der Waals surface area (Å²) < 4.78 is 5.30. The SMILES string of the molecule is CC(C(=O)O)N1CCOC(C(N)=S)C1. The van der Waals surface area contributed by atoms with E-state index in [-0.39, 0.29) is 11.1 Å². The van der Waals surface area contributed by atoms with Crippen LogP contribution in [0.5, 0.6) is 0 Å². The van der Waals surface area contributed by atoms with Crippen molar-refractivity contribution in [2.75, 3.05) is 19.7 Å². The lowest BCUT2D eigenvalue weighted by molar-refractivity contribution is -0.144. The highest BCUT2D eigenvalue weighted by molar-refractivity contribution is 7.80. The highest BCUT2D eigenvalue weighted by Gasteiger charge is 2.28. The summed E-state index contributed by atoms with van der Waals surface area (Å²) in [5.74, 6) is -0.839. The van der Waals surface area contributed by atoms with Crippen molar-refractivity contribution in [2.45, 2.75) is 19.1 Å². The Morgan fingerprint density at radius 3 is 2.93 bits per heavy atom. The average molecular weight is 218 g/mol. The van der Waals surface area contributed by atoms with Gasteiger partial charge in [-0.25, -0.2) is 0 Å². The Balaban J connectivity index is 2.55. The third kappa shape index (κ3) is 2.63. The van der Waals surface area contributed by atoms with Crippen LogP contribution in [-0.4, -0.2) is 52.8 Å². The summed E-state index contributed by atoms with van der Waals surface area (Å²) in [7, 11) is 0. The van der Waals surface area contributed by atoms with Gasteiger partial charge in [0, 0.05) is 13.1 Å². The van der Waals surface area contributed by atoms with Crippen LogP contribution in [0.15, 0.2) is 0 Å². The van der Waals surface area contributed by atoms with E-state index in [0.717, 1.165) is 0 Å². The molecule has 14 heavy (non-hydrogen) atoms. The molecule has 6 heteroatoms. The fraction of sp³-hybridized carbons (Fsp3) is 0.750. The second-order valence-electron chi connectivity index (χ2n) is 3.27. The molecule has 0 aliphatic carbocycles. The lowest BCUT2D eigenvalue weighted by atomic mass is 10.2. The average Bonchev–Trinajstić information content (AvgIpc) is 2.16. The van der Waals surface area contributed by atoms with Crippen LogP contribution >= 0.6 is 12.2 Å². The van der Waals surface area contributed by atoms with Crippen LogP contribution in [0.4, 0.5) is 0 Å². The number of carbonyl (C=O) groups is 1. The summed E-state index contributed by atoms with van der Waals surface area (Å²) in [5, 5.41) is 8.81. The number of rotatable bonds is 3. The largest absolute Gasteiger partial charge is 0.480 e. The normalized spacial score (nSPS) is 25.6. The van der Waals surface area contributed by atoms with Crippen molar-refractivity contribution < 1.29 is 14.6 Å². The van der Waals surface area contributed by atoms with Gasteiger partial charge in [0.05, 0.1) is 6.61 Å². The molecule has 0 radical (unpaired) electrons. The smallest absolute Gasteiger partial charge is 0.320 e. The van der Waals surface area contributed by atoms with Gasteiger partial charge in [-0.15, -0.1) is 0 Å². The molecular formula is C8H14N2O3S. The minimum atomic E-state index is -0.839. The molecule has 0 spiro atoms. The van der Waals surface area contributed by atoms with Gasteiger partial charge in [0.15, 0.2) is 0 Å². The van der Waals surface area contributed by atoms with Crippen molar-refractivity contribution in [3.05, 3.63) is 0 Å². The maximum Gasteiger partial charge on any atom is 0.320 e. The van der Waals surface area contributed by atoms with Gasteiger partial charge in [-0.1, -0.05) is 12.2 Å². The second-order valence-corrected chi connectivity index (χ2v) is 3.74. The molecule has 0 bridgehead atoms. The van der Waals surface area contributed by atoms with E-state index in [9.17, 15) is 4.79 Å². The van der Waals surface area contributed by atoms with Crippen LogP contribution in [0.2, 0.25) is 0 Å². The molecule has 1 aliphatic heterocycles. The molecule has 5 nitrogen and oxygen atoms in total. The number of hydrogen-bond acceptors (Lipinski definition) is 4. The van der Waals surface area contributed by atoms with E-state index in [4.69, 9.17) is 27.8 Å². The molecule has 0 aromatic rings. The van der Waals surface area contributed by atoms with Gasteiger partial charge in [0.2, 0.25) is 0 Å². The Labute approximate surface area is 87.8 Å². The van der Waals surface area contributed by atoms with Crippen molar-refractivity contribution in [3.8, 4) is 0 Å². The third-order valence-electron chi connectivity index (χ3n) is 2.32. The molecular weight excluding hydrogens is 204 g/mol. The summed E-state index contributed by atoms with van der Waals surface area (Å²) in [6.07, 6.45) is -0.319. The number of nitrogens with zero attached hydrogens (tertiary/aromatic N) is 1. The highest BCUT2D eigenvalue weighted by atomic mass is 32.1. The van der Waals surface area contributed by atoms with E-state index in [1.807, 2.05) is 0 Å². The Bertz CT molecular complexity index is 235. The molecule has 3 N–H and O–H groups in total. The molecule has 0 amide bonds. The first kappa shape index (κ1) is 11.4. The monoisotopic (exact) mass is 218 g/mol. The summed E-state index contributed by atoms with van der Waals surface area (Å²) in [4.78, 5) is 12.8. The summed E-state index contributed by atoms with van der Waals surface area (Å²) >= 11 is 4.80. The molecule has 1 heterocycles. The molecule has 2 unspecified atom stereocenters. The number of aliphatic carboxylic acids is 1. The van der Waals surface area contributed by atoms with Gasteiger partial charge >= 0.3 is 5.97 Å². The second kappa shape index (κ2) is 4.68. The van der Waals surface area contributed by atoms with E-state index >= 15 is 0 Å². The first-order chi connectivity index (χ1) is 6.52. The fourth-order valence-electron chi connectivity index (χ4n) is 1.35. The summed E-state index contributed by atoms with van der Waals surface area (Å²) in [6.45, 7) is 3.18. The Morgan fingerprint density at radius 1 is 1.79 bits per heavy atom. The van der Waals surface area contributed by atoms with Crippen LogP contribution in [0, 0.1) is 0 Å². The number of nitrogens with two attached hydrogens (primary N) is 1. The lowest BCUT2D eigenvalue weighted by Crippen LogP contribution is -2.52. The van der Waals surface area contributed by atoms with Crippen molar-refractivity contribution in [1.29, 1.82) is 0 Å². The van der Waals surface area contributed by atoms with E-state index in [1.165, 1.54) is 0 Å². The minimum Gasteiger partial charge on any atom is -0.480 e. The Hall–Kier alpha value is -0.720. The Kier molecular flexibility index (Phi) is 3.79. The number of carboxylic acids is 1. The van der Waals surface area contributed by atoms with Crippen molar-refractivity contribution >= 4 is 23.2 Å². The maximum atomic E-state index is 10.7. The maximum absolute atomic E-state index is 10.7. The predicted octanol–water partition coefficient (Wildman–Crippen LogP) is -0.554. The number of morpholine rings is 1. The number of carboxylic acid groups (broad SMARTS) is 1. The summed E-state index contributed by atoms with van der Waals surface area (Å²) in [6, 6.07) is -0.518. The van der Waals surface area contributed by atoms with E-state index in [2.05, 4.69) is 0 Å². The van der Waals surface area contributed by atoms with Crippen LogP contribution in [0.3, 0.4) is 0 Å². The molecule has 1 fully saturated rings. The van der Waals surface area contributed by atoms with Gasteiger partial charge in [0.25, 0.3) is 0 Å². The number of hydrogen-bond donors (Lipinski definition) is 2. The van der Waals surface area contributed by atoms with Gasteiger partial charge in [-0.3, -0.25) is 9.69 Å². The number of thiocarbonyl (C=S) groups is 1. The zero-order chi connectivity index (χ0) is 10.7. The quantitative estimate of drug-likeness (QED) is 0.619. The fourth-order valence-corrected chi connectivity index (χ4v) is 1.49. The van der Waals surface area contributed by atoms with Gasteiger partial charge in [-0.05, 0) is 6.92 Å². The van der Waals surface area contributed by atoms with E-state index in [0.29, 0.717) is 19.7 Å². The predicted molar refractivity (Wildman–Crippen MR) is 55.2 cm³/mol.